The first-order valence-corrected chi connectivity index (χ1v) is 8.68. The van der Waals surface area contributed by atoms with E-state index in [1.807, 2.05) is 0 Å². The van der Waals surface area contributed by atoms with Gasteiger partial charge in [-0.1, -0.05) is 24.3 Å². The fourth-order valence-electron chi connectivity index (χ4n) is 2.92. The van der Waals surface area contributed by atoms with E-state index < -0.39 is 24.2 Å². The zero-order valence-electron chi connectivity index (χ0n) is 15.7. The van der Waals surface area contributed by atoms with E-state index in [9.17, 15) is 23.1 Å². The molecular weight excluding hydrogens is 389 g/mol. The van der Waals surface area contributed by atoms with Gasteiger partial charge in [0.2, 0.25) is 0 Å². The highest BCUT2D eigenvalue weighted by Gasteiger charge is 2.62. The highest BCUT2D eigenvalue weighted by atomic mass is 19.4. The standard InChI is InChI=1S/C20H19F3N2O4/c1-13-11-19(27,20(21,22)23)25(24-13)18(26)15-9-7-14(8-10-15)12-29-17-6-4-3-5-16(17)28-2/h3-10,27H,11-12H2,1-2H3/t19-/m1/s1. The summed E-state index contributed by atoms with van der Waals surface area (Å²) in [6, 6.07) is 12.9. The summed E-state index contributed by atoms with van der Waals surface area (Å²) < 4.78 is 50.7. The normalized spacial score (nSPS) is 19.1. The molecule has 1 heterocycles. The molecule has 6 nitrogen and oxygen atoms in total. The Kier molecular flexibility index (Phi) is 5.52. The molecule has 0 saturated carbocycles. The van der Waals surface area contributed by atoms with Crippen LogP contribution in [0.4, 0.5) is 13.2 Å². The van der Waals surface area contributed by atoms with Crippen molar-refractivity contribution in [1.29, 1.82) is 0 Å². The molecule has 3 rings (SSSR count). The van der Waals surface area contributed by atoms with E-state index in [1.54, 1.807) is 36.4 Å². The van der Waals surface area contributed by atoms with Crippen LogP contribution >= 0.6 is 0 Å². The molecule has 2 aromatic rings. The highest BCUT2D eigenvalue weighted by Crippen LogP contribution is 2.40. The number of hydrazone groups is 1. The molecule has 1 N–H and O–H groups in total. The zero-order valence-corrected chi connectivity index (χ0v) is 15.7. The minimum atomic E-state index is -5.04. The molecule has 1 amide bonds. The number of rotatable bonds is 5. The quantitative estimate of drug-likeness (QED) is 0.818. The second-order valence-electron chi connectivity index (χ2n) is 6.58. The average Bonchev–Trinajstić information content (AvgIpc) is 3.02. The molecule has 9 heteroatoms. The number of aliphatic hydroxyl groups is 1. The number of alkyl halides is 3. The van der Waals surface area contributed by atoms with E-state index in [1.165, 1.54) is 26.2 Å². The van der Waals surface area contributed by atoms with Crippen LogP contribution in [-0.2, 0) is 6.61 Å². The average molecular weight is 408 g/mol. The van der Waals surface area contributed by atoms with Gasteiger partial charge in [0.15, 0.2) is 11.5 Å². The lowest BCUT2D eigenvalue weighted by Crippen LogP contribution is -2.56. The van der Waals surface area contributed by atoms with Gasteiger partial charge < -0.3 is 14.6 Å². The topological polar surface area (TPSA) is 71.4 Å². The van der Waals surface area contributed by atoms with Crippen molar-refractivity contribution in [1.82, 2.24) is 5.01 Å². The van der Waals surface area contributed by atoms with Gasteiger partial charge in [0.25, 0.3) is 11.6 Å². The van der Waals surface area contributed by atoms with Gasteiger partial charge in [0, 0.05) is 17.7 Å². The molecule has 0 fully saturated rings. The van der Waals surface area contributed by atoms with E-state index in [2.05, 4.69) is 5.10 Å². The van der Waals surface area contributed by atoms with Gasteiger partial charge in [0.1, 0.15) is 6.61 Å². The van der Waals surface area contributed by atoms with E-state index in [-0.39, 0.29) is 22.9 Å². The Labute approximate surface area is 165 Å². The number of para-hydroxylation sites is 2. The summed E-state index contributed by atoms with van der Waals surface area (Å²) in [4.78, 5) is 12.5. The molecule has 1 atom stereocenters. The molecule has 2 aromatic carbocycles. The zero-order chi connectivity index (χ0) is 21.2. The molecule has 154 valence electrons. The van der Waals surface area contributed by atoms with Gasteiger partial charge in [-0.25, -0.2) is 0 Å². The Bertz CT molecular complexity index is 928. The monoisotopic (exact) mass is 408 g/mol. The summed E-state index contributed by atoms with van der Waals surface area (Å²) in [6.07, 6.45) is -5.82. The molecule has 1 aliphatic rings. The van der Waals surface area contributed by atoms with Gasteiger partial charge in [-0.05, 0) is 36.8 Å². The smallest absolute Gasteiger partial charge is 0.438 e. The summed E-state index contributed by atoms with van der Waals surface area (Å²) in [5, 5.41) is 13.7. The van der Waals surface area contributed by atoms with Crippen molar-refractivity contribution < 1.29 is 32.5 Å². The Hall–Kier alpha value is -3.07. The number of amides is 1. The molecule has 0 saturated heterocycles. The number of ether oxygens (including phenoxy) is 2. The van der Waals surface area contributed by atoms with E-state index in [0.29, 0.717) is 17.1 Å². The molecule has 0 unspecified atom stereocenters. The van der Waals surface area contributed by atoms with Crippen molar-refractivity contribution in [3.05, 3.63) is 59.7 Å². The van der Waals surface area contributed by atoms with Crippen LogP contribution < -0.4 is 9.47 Å². The molecular formula is C20H19F3N2O4. The van der Waals surface area contributed by atoms with Crippen molar-refractivity contribution in [2.45, 2.75) is 31.9 Å². The first kappa shape index (κ1) is 20.7. The molecule has 0 spiro atoms. The molecule has 0 bridgehead atoms. The maximum absolute atomic E-state index is 13.3. The number of methoxy groups -OCH3 is 1. The van der Waals surface area contributed by atoms with Gasteiger partial charge in [-0.2, -0.15) is 23.3 Å². The summed E-state index contributed by atoms with van der Waals surface area (Å²) in [5.74, 6) is 0.0548. The van der Waals surface area contributed by atoms with Crippen LogP contribution in [0.2, 0.25) is 0 Å². The summed E-state index contributed by atoms with van der Waals surface area (Å²) in [5.41, 5.74) is -2.67. The minimum absolute atomic E-state index is 0.0139. The van der Waals surface area contributed by atoms with Crippen molar-refractivity contribution >= 4 is 11.6 Å². The summed E-state index contributed by atoms with van der Waals surface area (Å²) >= 11 is 0. The van der Waals surface area contributed by atoms with Crippen LogP contribution in [0.1, 0.15) is 29.3 Å². The van der Waals surface area contributed by atoms with Gasteiger partial charge in [0.05, 0.1) is 7.11 Å². The van der Waals surface area contributed by atoms with Crippen molar-refractivity contribution in [2.75, 3.05) is 7.11 Å². The molecule has 0 aliphatic carbocycles. The first-order chi connectivity index (χ1) is 13.7. The maximum atomic E-state index is 13.3. The lowest BCUT2D eigenvalue weighted by molar-refractivity contribution is -0.297. The molecule has 0 aromatic heterocycles. The lowest BCUT2D eigenvalue weighted by atomic mass is 10.1. The Morgan fingerprint density at radius 1 is 1.17 bits per heavy atom. The van der Waals surface area contributed by atoms with Crippen LogP contribution in [0.25, 0.3) is 0 Å². The number of halogens is 3. The SMILES string of the molecule is COc1ccccc1OCc1ccc(C(=O)N2N=C(C)C[C@@]2(O)C(F)(F)F)cc1. The van der Waals surface area contributed by atoms with Crippen LogP contribution in [0.15, 0.2) is 53.6 Å². The third kappa shape index (κ3) is 4.04. The number of carbonyl (C=O) groups is 1. The number of nitrogens with zero attached hydrogens (tertiary/aromatic N) is 2. The summed E-state index contributed by atoms with van der Waals surface area (Å²) in [7, 11) is 1.52. The highest BCUT2D eigenvalue weighted by molar-refractivity contribution is 5.97. The Balaban J connectivity index is 1.73. The second kappa shape index (κ2) is 7.75. The fourth-order valence-corrected chi connectivity index (χ4v) is 2.92. The van der Waals surface area contributed by atoms with Crippen molar-refractivity contribution in [3.8, 4) is 11.5 Å². The maximum Gasteiger partial charge on any atom is 0.438 e. The predicted molar refractivity (Wildman–Crippen MR) is 98.7 cm³/mol. The number of hydrogen-bond acceptors (Lipinski definition) is 5. The Morgan fingerprint density at radius 2 is 1.79 bits per heavy atom. The third-order valence-electron chi connectivity index (χ3n) is 4.43. The third-order valence-corrected chi connectivity index (χ3v) is 4.43. The number of carbonyl (C=O) groups excluding carboxylic acids is 1. The molecule has 29 heavy (non-hydrogen) atoms. The van der Waals surface area contributed by atoms with Crippen LogP contribution in [0, 0.1) is 0 Å². The van der Waals surface area contributed by atoms with Crippen LogP contribution in [-0.4, -0.2) is 40.7 Å². The van der Waals surface area contributed by atoms with E-state index in [0.717, 1.165) is 0 Å². The van der Waals surface area contributed by atoms with Crippen LogP contribution in [0.3, 0.4) is 0 Å². The first-order valence-electron chi connectivity index (χ1n) is 8.68. The van der Waals surface area contributed by atoms with Gasteiger partial charge in [-0.3, -0.25) is 4.79 Å². The minimum Gasteiger partial charge on any atom is -0.493 e. The predicted octanol–water partition coefficient (Wildman–Crippen LogP) is 3.75. The molecule has 0 radical (unpaired) electrons. The fraction of sp³-hybridized carbons (Fsp3) is 0.300. The largest absolute Gasteiger partial charge is 0.493 e. The van der Waals surface area contributed by atoms with Crippen molar-refractivity contribution in [3.63, 3.8) is 0 Å². The van der Waals surface area contributed by atoms with E-state index in [4.69, 9.17) is 9.47 Å². The van der Waals surface area contributed by atoms with Crippen molar-refractivity contribution in [2.24, 2.45) is 5.10 Å². The Morgan fingerprint density at radius 3 is 2.38 bits per heavy atom. The number of benzene rings is 2. The van der Waals surface area contributed by atoms with E-state index >= 15 is 0 Å². The summed E-state index contributed by atoms with van der Waals surface area (Å²) in [6.45, 7) is 1.49. The lowest BCUT2D eigenvalue weighted by Gasteiger charge is -2.32. The second-order valence-corrected chi connectivity index (χ2v) is 6.58. The van der Waals surface area contributed by atoms with Gasteiger partial charge in [-0.15, -0.1) is 0 Å². The van der Waals surface area contributed by atoms with Crippen LogP contribution in [0.5, 0.6) is 11.5 Å². The molecule has 1 aliphatic heterocycles. The number of hydrogen-bond donors (Lipinski definition) is 1. The van der Waals surface area contributed by atoms with Gasteiger partial charge >= 0.3 is 6.18 Å².